The van der Waals surface area contributed by atoms with Crippen molar-refractivity contribution in [3.63, 3.8) is 0 Å². The number of nitrogens with zero attached hydrogens (tertiary/aromatic N) is 3. The molecule has 1 aromatic heterocycles. The van der Waals surface area contributed by atoms with Gasteiger partial charge in [-0.3, -0.25) is 9.62 Å². The van der Waals surface area contributed by atoms with E-state index in [0.717, 1.165) is 56.7 Å². The molecule has 0 bridgehead atoms. The van der Waals surface area contributed by atoms with Gasteiger partial charge >= 0.3 is 0 Å². The molecule has 2 aromatic rings. The lowest BCUT2D eigenvalue weighted by Crippen LogP contribution is -2.50. The van der Waals surface area contributed by atoms with Gasteiger partial charge in [-0.15, -0.1) is 0 Å². The zero-order chi connectivity index (χ0) is 21.6. The van der Waals surface area contributed by atoms with E-state index in [1.165, 1.54) is 7.11 Å². The van der Waals surface area contributed by atoms with Crippen LogP contribution in [0.5, 0.6) is 5.75 Å². The number of nitrogens with one attached hydrogen (secondary N) is 1. The summed E-state index contributed by atoms with van der Waals surface area (Å²) in [6.07, 6.45) is 4.63. The number of methoxy groups -OCH3 is 1. The number of hydrogen-bond acceptors (Lipinski definition) is 7. The Hall–Kier alpha value is -2.36. The molecule has 0 spiro atoms. The zero-order valence-electron chi connectivity index (χ0n) is 17.5. The molecule has 0 amide bonds. The van der Waals surface area contributed by atoms with Gasteiger partial charge in [0.15, 0.2) is 0 Å². The highest BCUT2D eigenvalue weighted by molar-refractivity contribution is 7.92. The molecule has 1 aromatic carbocycles. The van der Waals surface area contributed by atoms with Crippen LogP contribution in [-0.4, -0.2) is 69.2 Å². The molecule has 0 aliphatic carbocycles. The van der Waals surface area contributed by atoms with Gasteiger partial charge in [0.05, 0.1) is 19.1 Å². The first-order valence-corrected chi connectivity index (χ1v) is 12.0. The molecule has 164 valence electrons. The molecular weight excluding hydrogens is 404 g/mol. The van der Waals surface area contributed by atoms with Gasteiger partial charge in [0.2, 0.25) is 10.0 Å². The van der Waals surface area contributed by atoms with Crippen molar-refractivity contribution in [2.45, 2.75) is 25.5 Å². The summed E-state index contributed by atoms with van der Waals surface area (Å²) in [6.45, 7) is 3.27. The number of aryl methyl sites for hydroxylation is 1. The van der Waals surface area contributed by atoms with E-state index in [4.69, 9.17) is 4.74 Å². The molecule has 1 aliphatic rings. The summed E-state index contributed by atoms with van der Waals surface area (Å²) < 4.78 is 30.8. The Morgan fingerprint density at radius 2 is 1.97 bits per heavy atom. The summed E-state index contributed by atoms with van der Waals surface area (Å²) in [7, 11) is -1.88. The number of pyridine rings is 1. The third-order valence-corrected chi connectivity index (χ3v) is 5.79. The quantitative estimate of drug-likeness (QED) is 0.623. The van der Waals surface area contributed by atoms with Crippen molar-refractivity contribution in [2.75, 3.05) is 49.2 Å². The van der Waals surface area contributed by atoms with E-state index in [-0.39, 0.29) is 0 Å². The molecule has 0 radical (unpaired) electrons. The minimum Gasteiger partial charge on any atom is -0.495 e. The van der Waals surface area contributed by atoms with Crippen molar-refractivity contribution in [1.82, 2.24) is 9.88 Å². The third kappa shape index (κ3) is 6.32. The highest BCUT2D eigenvalue weighted by Gasteiger charge is 2.22. The normalized spacial score (nSPS) is 16.3. The number of benzene rings is 1. The zero-order valence-corrected chi connectivity index (χ0v) is 18.3. The summed E-state index contributed by atoms with van der Waals surface area (Å²) >= 11 is 0. The largest absolute Gasteiger partial charge is 0.495 e. The average molecular weight is 435 g/mol. The first-order valence-electron chi connectivity index (χ1n) is 10.1. The van der Waals surface area contributed by atoms with Crippen molar-refractivity contribution >= 4 is 21.5 Å². The maximum absolute atomic E-state index is 11.6. The fourth-order valence-electron chi connectivity index (χ4n) is 3.65. The fourth-order valence-corrected chi connectivity index (χ4v) is 4.21. The Labute approximate surface area is 178 Å². The number of anilines is 2. The van der Waals surface area contributed by atoms with Crippen LogP contribution in [0.15, 0.2) is 42.6 Å². The number of sulfonamides is 1. The SMILES string of the molecule is COc1ccc(CCCC(O)N2CCN(c3ccccn3)CC2)cc1NS(C)(=O)=O. The van der Waals surface area contributed by atoms with Gasteiger partial charge in [-0.05, 0) is 49.1 Å². The van der Waals surface area contributed by atoms with Gasteiger partial charge in [-0.25, -0.2) is 13.4 Å². The third-order valence-electron chi connectivity index (χ3n) is 5.20. The van der Waals surface area contributed by atoms with E-state index in [0.29, 0.717) is 17.9 Å². The summed E-state index contributed by atoms with van der Waals surface area (Å²) in [5, 5.41) is 10.6. The molecule has 3 rings (SSSR count). The summed E-state index contributed by atoms with van der Waals surface area (Å²) in [5.74, 6) is 1.46. The molecule has 1 unspecified atom stereocenters. The average Bonchev–Trinajstić information content (AvgIpc) is 2.73. The lowest BCUT2D eigenvalue weighted by Gasteiger charge is -2.37. The molecule has 9 heteroatoms. The Morgan fingerprint density at radius 3 is 2.60 bits per heavy atom. The number of aliphatic hydroxyl groups excluding tert-OH is 1. The standard InChI is InChI=1S/C21H30N4O4S/c1-29-19-10-9-17(16-18(19)23-30(2,27)28)6-5-8-21(26)25-14-12-24(13-15-25)20-7-3-4-11-22-20/h3-4,7,9-11,16,21,23,26H,5-6,8,12-15H2,1-2H3. The molecule has 0 saturated carbocycles. The van der Waals surface area contributed by atoms with Crippen LogP contribution in [0.4, 0.5) is 11.5 Å². The molecule has 8 nitrogen and oxygen atoms in total. The lowest BCUT2D eigenvalue weighted by atomic mass is 10.1. The molecular formula is C21H30N4O4S. The van der Waals surface area contributed by atoms with Crippen LogP contribution in [0.3, 0.4) is 0 Å². The first-order chi connectivity index (χ1) is 14.4. The Bertz CT molecular complexity index is 916. The van der Waals surface area contributed by atoms with Gasteiger partial charge in [0.1, 0.15) is 17.8 Å². The molecule has 1 saturated heterocycles. The number of piperazine rings is 1. The summed E-state index contributed by atoms with van der Waals surface area (Å²) in [4.78, 5) is 8.72. The lowest BCUT2D eigenvalue weighted by molar-refractivity contribution is -0.00672. The van der Waals surface area contributed by atoms with E-state index in [9.17, 15) is 13.5 Å². The molecule has 1 atom stereocenters. The highest BCUT2D eigenvalue weighted by Crippen LogP contribution is 2.27. The second kappa shape index (κ2) is 10.1. The van der Waals surface area contributed by atoms with Gasteiger partial charge in [0, 0.05) is 32.4 Å². The summed E-state index contributed by atoms with van der Waals surface area (Å²) in [5.41, 5.74) is 1.43. The van der Waals surface area contributed by atoms with Crippen LogP contribution in [0.1, 0.15) is 18.4 Å². The second-order valence-electron chi connectivity index (χ2n) is 7.49. The van der Waals surface area contributed by atoms with Crippen LogP contribution in [-0.2, 0) is 16.4 Å². The van der Waals surface area contributed by atoms with E-state index >= 15 is 0 Å². The van der Waals surface area contributed by atoms with E-state index in [2.05, 4.69) is 19.5 Å². The Balaban J connectivity index is 1.48. The van der Waals surface area contributed by atoms with E-state index < -0.39 is 16.3 Å². The Kier molecular flexibility index (Phi) is 7.52. The van der Waals surface area contributed by atoms with Crippen molar-refractivity contribution in [2.24, 2.45) is 0 Å². The molecule has 30 heavy (non-hydrogen) atoms. The van der Waals surface area contributed by atoms with Crippen LogP contribution >= 0.6 is 0 Å². The fraction of sp³-hybridized carbons (Fsp3) is 0.476. The number of hydrogen-bond donors (Lipinski definition) is 2. The molecule has 2 N–H and O–H groups in total. The summed E-state index contributed by atoms with van der Waals surface area (Å²) in [6, 6.07) is 11.4. The predicted octanol–water partition coefficient (Wildman–Crippen LogP) is 1.92. The minimum absolute atomic E-state index is 0.434. The number of aliphatic hydroxyl groups is 1. The van der Waals surface area contributed by atoms with Crippen molar-refractivity contribution < 1.29 is 18.3 Å². The van der Waals surface area contributed by atoms with Gasteiger partial charge in [-0.1, -0.05) is 12.1 Å². The molecule has 1 fully saturated rings. The van der Waals surface area contributed by atoms with E-state index in [1.54, 1.807) is 18.3 Å². The second-order valence-corrected chi connectivity index (χ2v) is 9.24. The topological polar surface area (TPSA) is 95.0 Å². The molecule has 2 heterocycles. The van der Waals surface area contributed by atoms with Gasteiger partial charge in [0.25, 0.3) is 0 Å². The van der Waals surface area contributed by atoms with Crippen LogP contribution in [0.2, 0.25) is 0 Å². The van der Waals surface area contributed by atoms with Crippen molar-refractivity contribution in [3.05, 3.63) is 48.2 Å². The van der Waals surface area contributed by atoms with Crippen LogP contribution < -0.4 is 14.4 Å². The first kappa shape index (κ1) is 22.3. The smallest absolute Gasteiger partial charge is 0.229 e. The van der Waals surface area contributed by atoms with Gasteiger partial charge in [-0.2, -0.15) is 0 Å². The van der Waals surface area contributed by atoms with Crippen molar-refractivity contribution in [3.8, 4) is 5.75 Å². The maximum Gasteiger partial charge on any atom is 0.229 e. The predicted molar refractivity (Wildman–Crippen MR) is 118 cm³/mol. The minimum atomic E-state index is -3.38. The number of rotatable bonds is 9. The van der Waals surface area contributed by atoms with Gasteiger partial charge < -0.3 is 14.7 Å². The number of aromatic nitrogens is 1. The van der Waals surface area contributed by atoms with Crippen LogP contribution in [0.25, 0.3) is 0 Å². The van der Waals surface area contributed by atoms with Crippen molar-refractivity contribution in [1.29, 1.82) is 0 Å². The molecule has 1 aliphatic heterocycles. The monoisotopic (exact) mass is 434 g/mol. The maximum atomic E-state index is 11.6. The van der Waals surface area contributed by atoms with Crippen LogP contribution in [0, 0.1) is 0 Å². The highest BCUT2D eigenvalue weighted by atomic mass is 32.2. The van der Waals surface area contributed by atoms with E-state index in [1.807, 2.05) is 24.3 Å². The number of ether oxygens (including phenoxy) is 1. The Morgan fingerprint density at radius 1 is 1.20 bits per heavy atom.